The van der Waals surface area contributed by atoms with Crippen LogP contribution >= 0.6 is 0 Å². The smallest absolute Gasteiger partial charge is 0.417 e. The van der Waals surface area contributed by atoms with Gasteiger partial charge >= 0.3 is 12.1 Å². The van der Waals surface area contributed by atoms with Crippen molar-refractivity contribution in [3.05, 3.63) is 64.2 Å². The average molecular weight is 376 g/mol. The Labute approximate surface area is 155 Å². The van der Waals surface area contributed by atoms with E-state index in [0.29, 0.717) is 29.4 Å². The maximum atomic E-state index is 13.1. The number of phenols is 1. The second kappa shape index (κ2) is 8.63. The lowest BCUT2D eigenvalue weighted by atomic mass is 10.0. The molecule has 0 aliphatic carbocycles. The summed E-state index contributed by atoms with van der Waals surface area (Å²) >= 11 is 0. The Morgan fingerprint density at radius 3 is 2.41 bits per heavy atom. The molecule has 0 atom stereocenters. The first-order chi connectivity index (χ1) is 12.7. The van der Waals surface area contributed by atoms with E-state index >= 15 is 0 Å². The predicted octanol–water partition coefficient (Wildman–Crippen LogP) is 5.08. The van der Waals surface area contributed by atoms with E-state index in [2.05, 4.69) is 11.8 Å². The highest BCUT2D eigenvalue weighted by atomic mass is 19.4. The molecular formula is C21H19F3O3. The molecule has 1 N–H and O–H groups in total. The first-order valence-corrected chi connectivity index (χ1v) is 8.42. The minimum Gasteiger partial charge on any atom is -0.508 e. The van der Waals surface area contributed by atoms with Gasteiger partial charge in [-0.1, -0.05) is 25.2 Å². The Balaban J connectivity index is 2.27. The van der Waals surface area contributed by atoms with Crippen molar-refractivity contribution in [2.45, 2.75) is 32.9 Å². The number of aryl methyl sites for hydroxylation is 1. The molecule has 0 fully saturated rings. The average Bonchev–Trinajstić information content (AvgIpc) is 2.60. The Morgan fingerprint density at radius 2 is 1.78 bits per heavy atom. The third-order valence-electron chi connectivity index (χ3n) is 3.83. The second-order valence-electron chi connectivity index (χ2n) is 6.00. The number of carbonyl (C=O) groups excluding carboxylic acids is 1. The van der Waals surface area contributed by atoms with Gasteiger partial charge in [-0.2, -0.15) is 13.2 Å². The first kappa shape index (κ1) is 20.4. The maximum Gasteiger partial charge on any atom is 0.417 e. The summed E-state index contributed by atoms with van der Waals surface area (Å²) in [7, 11) is 0. The van der Waals surface area contributed by atoms with Crippen LogP contribution in [-0.4, -0.2) is 17.7 Å². The molecule has 0 unspecified atom stereocenters. The quantitative estimate of drug-likeness (QED) is 0.460. The maximum absolute atomic E-state index is 13.1. The number of benzene rings is 2. The van der Waals surface area contributed by atoms with Crippen molar-refractivity contribution in [3.8, 4) is 17.6 Å². The number of halogens is 3. The van der Waals surface area contributed by atoms with Gasteiger partial charge in [-0.05, 0) is 55.3 Å². The number of hydrogen-bond acceptors (Lipinski definition) is 3. The highest BCUT2D eigenvalue weighted by Crippen LogP contribution is 2.33. The lowest BCUT2D eigenvalue weighted by Crippen LogP contribution is -2.07. The molecule has 3 nitrogen and oxygen atoms in total. The van der Waals surface area contributed by atoms with Crippen LogP contribution in [-0.2, 0) is 10.9 Å². The van der Waals surface area contributed by atoms with Crippen molar-refractivity contribution in [1.29, 1.82) is 0 Å². The summed E-state index contributed by atoms with van der Waals surface area (Å²) in [6, 6.07) is 7.63. The summed E-state index contributed by atoms with van der Waals surface area (Å²) in [5.74, 6) is 4.28. The number of rotatable bonds is 4. The fourth-order valence-electron chi connectivity index (χ4n) is 2.33. The monoisotopic (exact) mass is 376 g/mol. The predicted molar refractivity (Wildman–Crippen MR) is 95.5 cm³/mol. The van der Waals surface area contributed by atoms with Crippen molar-refractivity contribution in [3.63, 3.8) is 0 Å². The van der Waals surface area contributed by atoms with Crippen LogP contribution in [0.3, 0.4) is 0 Å². The molecule has 0 saturated carbocycles. The van der Waals surface area contributed by atoms with E-state index in [0.717, 1.165) is 25.0 Å². The standard InChI is InChI=1S/C21H19F3O3/c1-3-4-11-27-20(26)17-8-6-15(14(2)12-17)5-7-16-9-10-18(25)13-19(16)21(22,23)24/h6,8-10,12-13,25H,3-4,11H2,1-2H3. The largest absolute Gasteiger partial charge is 0.508 e. The number of hydrogen-bond donors (Lipinski definition) is 1. The highest BCUT2D eigenvalue weighted by molar-refractivity contribution is 5.89. The molecule has 27 heavy (non-hydrogen) atoms. The summed E-state index contributed by atoms with van der Waals surface area (Å²) < 4.78 is 44.4. The van der Waals surface area contributed by atoms with Crippen molar-refractivity contribution >= 4 is 5.97 Å². The molecule has 0 radical (unpaired) electrons. The van der Waals surface area contributed by atoms with Crippen LogP contribution in [0.15, 0.2) is 36.4 Å². The van der Waals surface area contributed by atoms with Crippen molar-refractivity contribution in [1.82, 2.24) is 0 Å². The molecule has 142 valence electrons. The molecule has 0 saturated heterocycles. The normalized spacial score (nSPS) is 10.9. The molecule has 0 aromatic heterocycles. The van der Waals surface area contributed by atoms with Gasteiger partial charge < -0.3 is 9.84 Å². The number of esters is 1. The SMILES string of the molecule is CCCCOC(=O)c1ccc(C#Cc2ccc(O)cc2C(F)(F)F)c(C)c1. The second-order valence-corrected chi connectivity index (χ2v) is 6.00. The van der Waals surface area contributed by atoms with Crippen LogP contribution in [0.2, 0.25) is 0 Å². The lowest BCUT2D eigenvalue weighted by molar-refractivity contribution is -0.137. The van der Waals surface area contributed by atoms with E-state index in [9.17, 15) is 23.1 Å². The zero-order valence-electron chi connectivity index (χ0n) is 15.0. The highest BCUT2D eigenvalue weighted by Gasteiger charge is 2.33. The van der Waals surface area contributed by atoms with Gasteiger partial charge in [0.2, 0.25) is 0 Å². The molecule has 0 amide bonds. The molecule has 0 aliphatic heterocycles. The van der Waals surface area contributed by atoms with Gasteiger partial charge in [-0.15, -0.1) is 0 Å². The molecule has 0 spiro atoms. The van der Waals surface area contributed by atoms with E-state index < -0.39 is 23.5 Å². The number of alkyl halides is 3. The number of ether oxygens (including phenoxy) is 1. The Bertz CT molecular complexity index is 890. The zero-order valence-corrected chi connectivity index (χ0v) is 15.0. The topological polar surface area (TPSA) is 46.5 Å². The van der Waals surface area contributed by atoms with Crippen LogP contribution in [0.5, 0.6) is 5.75 Å². The molecular weight excluding hydrogens is 357 g/mol. The minimum atomic E-state index is -4.62. The lowest BCUT2D eigenvalue weighted by Gasteiger charge is -2.09. The van der Waals surface area contributed by atoms with Crippen LogP contribution in [0.1, 0.15) is 52.4 Å². The first-order valence-electron chi connectivity index (χ1n) is 8.42. The van der Waals surface area contributed by atoms with Crippen LogP contribution < -0.4 is 0 Å². The molecule has 0 aliphatic rings. The van der Waals surface area contributed by atoms with Gasteiger partial charge in [0.25, 0.3) is 0 Å². The van der Waals surface area contributed by atoms with Gasteiger partial charge in [-0.25, -0.2) is 4.79 Å². The van der Waals surface area contributed by atoms with Gasteiger partial charge in [0, 0.05) is 11.1 Å². The van der Waals surface area contributed by atoms with Gasteiger partial charge in [0.15, 0.2) is 0 Å². The minimum absolute atomic E-state index is 0.234. The van der Waals surface area contributed by atoms with E-state index in [1.54, 1.807) is 19.1 Å². The van der Waals surface area contributed by atoms with E-state index in [1.807, 2.05) is 6.92 Å². The molecule has 2 aromatic carbocycles. The number of unbranched alkanes of at least 4 members (excludes halogenated alkanes) is 1. The number of phenolic OH excluding ortho intramolecular Hbond substituents is 1. The van der Waals surface area contributed by atoms with Gasteiger partial charge in [0.05, 0.1) is 17.7 Å². The summed E-state index contributed by atoms with van der Waals surface area (Å²) in [6.07, 6.45) is -2.93. The molecule has 6 heteroatoms. The fourth-order valence-corrected chi connectivity index (χ4v) is 2.33. The van der Waals surface area contributed by atoms with Crippen LogP contribution in [0.4, 0.5) is 13.2 Å². The van der Waals surface area contributed by atoms with Gasteiger partial charge in [-0.3, -0.25) is 0 Å². The summed E-state index contributed by atoms with van der Waals surface area (Å²) in [4.78, 5) is 11.9. The molecule has 2 aromatic rings. The van der Waals surface area contributed by atoms with E-state index in [-0.39, 0.29) is 5.56 Å². The van der Waals surface area contributed by atoms with Gasteiger partial charge in [0.1, 0.15) is 5.75 Å². The van der Waals surface area contributed by atoms with E-state index in [4.69, 9.17) is 4.74 Å². The molecule has 0 bridgehead atoms. The summed E-state index contributed by atoms with van der Waals surface area (Å²) in [5, 5.41) is 9.30. The zero-order chi connectivity index (χ0) is 20.0. The fraction of sp³-hybridized carbons (Fsp3) is 0.286. The Kier molecular flexibility index (Phi) is 6.51. The number of aromatic hydroxyl groups is 1. The third kappa shape index (κ3) is 5.52. The van der Waals surface area contributed by atoms with Crippen molar-refractivity contribution in [2.75, 3.05) is 6.61 Å². The molecule has 0 heterocycles. The summed E-state index contributed by atoms with van der Waals surface area (Å²) in [5.41, 5.74) is 0.294. The van der Waals surface area contributed by atoms with E-state index in [1.165, 1.54) is 6.07 Å². The van der Waals surface area contributed by atoms with Crippen LogP contribution in [0, 0.1) is 18.8 Å². The Morgan fingerprint density at radius 1 is 1.11 bits per heavy atom. The number of carbonyl (C=O) groups is 1. The molecule has 2 rings (SSSR count). The van der Waals surface area contributed by atoms with Crippen LogP contribution in [0.25, 0.3) is 0 Å². The summed E-state index contributed by atoms with van der Waals surface area (Å²) in [6.45, 7) is 4.05. The van der Waals surface area contributed by atoms with Crippen molar-refractivity contribution < 1.29 is 27.8 Å². The Hall–Kier alpha value is -2.94. The van der Waals surface area contributed by atoms with Crippen molar-refractivity contribution in [2.24, 2.45) is 0 Å². The third-order valence-corrected chi connectivity index (χ3v) is 3.83.